The van der Waals surface area contributed by atoms with Crippen molar-refractivity contribution in [3.05, 3.63) is 29.8 Å². The van der Waals surface area contributed by atoms with Gasteiger partial charge in [-0.15, -0.1) is 0 Å². The van der Waals surface area contributed by atoms with Crippen LogP contribution >= 0.6 is 0 Å². The Bertz CT molecular complexity index is 500. The summed E-state index contributed by atoms with van der Waals surface area (Å²) in [5, 5.41) is 9.88. The van der Waals surface area contributed by atoms with Gasteiger partial charge in [0.05, 0.1) is 11.9 Å². The minimum absolute atomic E-state index is 0.0181. The second-order valence-corrected chi connectivity index (χ2v) is 6.81. The number of rotatable bonds is 8. The quantitative estimate of drug-likeness (QED) is 0.801. The van der Waals surface area contributed by atoms with E-state index in [4.69, 9.17) is 0 Å². The topological polar surface area (TPSA) is 63.6 Å². The summed E-state index contributed by atoms with van der Waals surface area (Å²) in [7, 11) is -3.03. The first-order valence-corrected chi connectivity index (χ1v) is 8.09. The fourth-order valence-electron chi connectivity index (χ4n) is 1.68. The maximum atomic E-state index is 12.0. The standard InChI is InChI=1S/C13H18F2O4S/c1-2-20(17,18)9-3-4-12(16)10-5-7-11(8-6-10)19-13(14)15/h5-8,12-13,16H,2-4,9H2,1H3. The van der Waals surface area contributed by atoms with Gasteiger partial charge >= 0.3 is 6.61 Å². The van der Waals surface area contributed by atoms with Gasteiger partial charge in [-0.25, -0.2) is 8.42 Å². The predicted molar refractivity (Wildman–Crippen MR) is 71.6 cm³/mol. The van der Waals surface area contributed by atoms with Crippen molar-refractivity contribution < 1.29 is 27.0 Å². The molecule has 1 N–H and O–H groups in total. The van der Waals surface area contributed by atoms with E-state index in [-0.39, 0.29) is 17.3 Å². The van der Waals surface area contributed by atoms with Crippen LogP contribution in [-0.2, 0) is 9.84 Å². The molecule has 0 aliphatic rings. The Labute approximate surface area is 117 Å². The first-order valence-electron chi connectivity index (χ1n) is 6.27. The molecule has 0 aliphatic heterocycles. The Balaban J connectivity index is 2.49. The largest absolute Gasteiger partial charge is 0.435 e. The maximum Gasteiger partial charge on any atom is 0.387 e. The molecule has 1 rings (SSSR count). The van der Waals surface area contributed by atoms with Crippen LogP contribution in [0, 0.1) is 0 Å². The molecule has 0 aliphatic carbocycles. The average molecular weight is 308 g/mol. The molecule has 0 radical (unpaired) electrons. The van der Waals surface area contributed by atoms with Gasteiger partial charge in [-0.1, -0.05) is 19.1 Å². The second kappa shape index (κ2) is 7.54. The molecule has 0 heterocycles. The van der Waals surface area contributed by atoms with E-state index in [2.05, 4.69) is 4.74 Å². The number of hydrogen-bond donors (Lipinski definition) is 1. The van der Waals surface area contributed by atoms with Gasteiger partial charge in [-0.3, -0.25) is 0 Å². The minimum Gasteiger partial charge on any atom is -0.435 e. The molecule has 0 aromatic heterocycles. The monoisotopic (exact) mass is 308 g/mol. The molecule has 0 saturated heterocycles. The summed E-state index contributed by atoms with van der Waals surface area (Å²) in [6, 6.07) is 5.65. The number of sulfone groups is 1. The summed E-state index contributed by atoms with van der Waals surface area (Å²) in [6.45, 7) is -1.31. The number of halogens is 2. The van der Waals surface area contributed by atoms with Crippen LogP contribution in [0.2, 0.25) is 0 Å². The number of benzene rings is 1. The molecule has 0 saturated carbocycles. The fraction of sp³-hybridized carbons (Fsp3) is 0.538. The van der Waals surface area contributed by atoms with Gasteiger partial charge < -0.3 is 9.84 Å². The van der Waals surface area contributed by atoms with Gasteiger partial charge in [-0.05, 0) is 30.5 Å². The summed E-state index contributed by atoms with van der Waals surface area (Å²) >= 11 is 0. The number of ether oxygens (including phenoxy) is 1. The summed E-state index contributed by atoms with van der Waals surface area (Å²) in [5.41, 5.74) is 0.542. The Kier molecular flexibility index (Phi) is 6.35. The Morgan fingerprint density at radius 3 is 2.35 bits per heavy atom. The van der Waals surface area contributed by atoms with Crippen molar-refractivity contribution >= 4 is 9.84 Å². The van der Waals surface area contributed by atoms with Crippen molar-refractivity contribution in [1.82, 2.24) is 0 Å². The van der Waals surface area contributed by atoms with E-state index in [1.54, 1.807) is 6.92 Å². The van der Waals surface area contributed by atoms with Gasteiger partial charge in [0.1, 0.15) is 15.6 Å². The molecule has 4 nitrogen and oxygen atoms in total. The third-order valence-corrected chi connectivity index (χ3v) is 4.65. The molecular weight excluding hydrogens is 290 g/mol. The molecule has 0 fully saturated rings. The fourth-order valence-corrected chi connectivity index (χ4v) is 2.57. The van der Waals surface area contributed by atoms with Crippen molar-refractivity contribution in [2.24, 2.45) is 0 Å². The van der Waals surface area contributed by atoms with Crippen LogP contribution in [0.3, 0.4) is 0 Å². The van der Waals surface area contributed by atoms with Crippen LogP contribution < -0.4 is 4.74 Å². The van der Waals surface area contributed by atoms with Crippen LogP contribution in [0.5, 0.6) is 5.75 Å². The molecule has 1 aromatic rings. The number of alkyl halides is 2. The van der Waals surface area contributed by atoms with Crippen molar-refractivity contribution in [2.45, 2.75) is 32.5 Å². The molecule has 0 amide bonds. The van der Waals surface area contributed by atoms with Gasteiger partial charge in [0, 0.05) is 5.75 Å². The third kappa shape index (κ3) is 5.83. The van der Waals surface area contributed by atoms with Gasteiger partial charge in [0.25, 0.3) is 0 Å². The number of hydrogen-bond acceptors (Lipinski definition) is 4. The molecule has 114 valence electrons. The molecule has 1 atom stereocenters. The smallest absolute Gasteiger partial charge is 0.387 e. The van der Waals surface area contributed by atoms with Crippen molar-refractivity contribution in [2.75, 3.05) is 11.5 Å². The van der Waals surface area contributed by atoms with Crippen LogP contribution in [0.15, 0.2) is 24.3 Å². The number of aliphatic hydroxyl groups excluding tert-OH is 1. The second-order valence-electron chi connectivity index (χ2n) is 4.34. The first-order chi connectivity index (χ1) is 9.34. The van der Waals surface area contributed by atoms with Crippen LogP contribution in [0.1, 0.15) is 31.4 Å². The highest BCUT2D eigenvalue weighted by Gasteiger charge is 2.12. The Hall–Kier alpha value is -1.21. The van der Waals surface area contributed by atoms with Gasteiger partial charge in [-0.2, -0.15) is 8.78 Å². The summed E-state index contributed by atoms with van der Waals surface area (Å²) < 4.78 is 50.7. The average Bonchev–Trinajstić information content (AvgIpc) is 2.38. The van der Waals surface area contributed by atoms with E-state index in [0.717, 1.165) is 0 Å². The summed E-state index contributed by atoms with van der Waals surface area (Å²) in [4.78, 5) is 0. The molecule has 0 bridgehead atoms. The highest BCUT2D eigenvalue weighted by atomic mass is 32.2. The lowest BCUT2D eigenvalue weighted by atomic mass is 10.1. The molecule has 20 heavy (non-hydrogen) atoms. The zero-order valence-electron chi connectivity index (χ0n) is 11.1. The van der Waals surface area contributed by atoms with E-state index in [9.17, 15) is 22.3 Å². The summed E-state index contributed by atoms with van der Waals surface area (Å²) in [5.74, 6) is 0.139. The lowest BCUT2D eigenvalue weighted by Crippen LogP contribution is -2.10. The summed E-state index contributed by atoms with van der Waals surface area (Å²) in [6.07, 6.45) is -0.163. The number of aliphatic hydroxyl groups is 1. The minimum atomic E-state index is -3.03. The van der Waals surface area contributed by atoms with E-state index < -0.39 is 22.6 Å². The highest BCUT2D eigenvalue weighted by Crippen LogP contribution is 2.22. The molecule has 1 aromatic carbocycles. The Morgan fingerprint density at radius 1 is 1.25 bits per heavy atom. The zero-order chi connectivity index (χ0) is 15.2. The van der Waals surface area contributed by atoms with E-state index in [1.807, 2.05) is 0 Å². The van der Waals surface area contributed by atoms with Crippen molar-refractivity contribution in [3.63, 3.8) is 0 Å². The van der Waals surface area contributed by atoms with Gasteiger partial charge in [0.15, 0.2) is 0 Å². The molecule has 1 unspecified atom stereocenters. The molecule has 0 spiro atoms. The normalized spacial score (nSPS) is 13.4. The Morgan fingerprint density at radius 2 is 1.85 bits per heavy atom. The molecule has 7 heteroatoms. The van der Waals surface area contributed by atoms with E-state index in [0.29, 0.717) is 18.4 Å². The lowest BCUT2D eigenvalue weighted by molar-refractivity contribution is -0.0498. The van der Waals surface area contributed by atoms with E-state index in [1.165, 1.54) is 24.3 Å². The van der Waals surface area contributed by atoms with Crippen molar-refractivity contribution in [3.8, 4) is 5.75 Å². The zero-order valence-corrected chi connectivity index (χ0v) is 11.9. The predicted octanol–water partition coefficient (Wildman–Crippen LogP) is 2.54. The van der Waals surface area contributed by atoms with E-state index >= 15 is 0 Å². The first kappa shape index (κ1) is 16.8. The van der Waals surface area contributed by atoms with Crippen LogP contribution in [0.4, 0.5) is 8.78 Å². The van der Waals surface area contributed by atoms with Crippen molar-refractivity contribution in [1.29, 1.82) is 0 Å². The maximum absolute atomic E-state index is 12.0. The van der Waals surface area contributed by atoms with Crippen LogP contribution in [-0.4, -0.2) is 31.6 Å². The third-order valence-electron chi connectivity index (χ3n) is 2.86. The lowest BCUT2D eigenvalue weighted by Gasteiger charge is -2.12. The van der Waals surface area contributed by atoms with Gasteiger partial charge in [0.2, 0.25) is 0 Å². The molecular formula is C13H18F2O4S. The van der Waals surface area contributed by atoms with Crippen LogP contribution in [0.25, 0.3) is 0 Å². The highest BCUT2D eigenvalue weighted by molar-refractivity contribution is 7.91. The SMILES string of the molecule is CCS(=O)(=O)CCCC(O)c1ccc(OC(F)F)cc1.